The van der Waals surface area contributed by atoms with Gasteiger partial charge in [-0.3, -0.25) is 9.36 Å². The summed E-state index contributed by atoms with van der Waals surface area (Å²) in [5, 5.41) is 0.630. The lowest BCUT2D eigenvalue weighted by Crippen LogP contribution is -2.39. The van der Waals surface area contributed by atoms with Gasteiger partial charge in [0, 0.05) is 43.0 Å². The number of rotatable bonds is 7. The summed E-state index contributed by atoms with van der Waals surface area (Å²) in [4.78, 5) is 30.7. The van der Waals surface area contributed by atoms with E-state index in [0.29, 0.717) is 29.1 Å². The number of halogens is 1. The van der Waals surface area contributed by atoms with E-state index in [2.05, 4.69) is 41.1 Å². The Morgan fingerprint density at radius 2 is 1.91 bits per heavy atom. The Morgan fingerprint density at radius 3 is 2.66 bits per heavy atom. The number of fused-ring (bicyclic) bond motifs is 1. The van der Waals surface area contributed by atoms with E-state index in [-0.39, 0.29) is 17.6 Å². The van der Waals surface area contributed by atoms with Crippen LogP contribution in [0.25, 0.3) is 11.0 Å². The number of Topliss-reactive ketones (excluding diaryl/α,β-unsaturated/α-hetero) is 1. The zero-order chi connectivity index (χ0) is 22.2. The molecule has 0 spiro atoms. The monoisotopic (exact) mass is 451 g/mol. The maximum Gasteiger partial charge on any atom is 0.326 e. The molecule has 0 bridgehead atoms. The molecule has 2 heterocycles. The van der Waals surface area contributed by atoms with Crippen LogP contribution in [0.2, 0.25) is 5.02 Å². The van der Waals surface area contributed by atoms with Crippen LogP contribution in [0.15, 0.2) is 53.3 Å². The summed E-state index contributed by atoms with van der Waals surface area (Å²) >= 11 is 6.07. The van der Waals surface area contributed by atoms with E-state index in [9.17, 15) is 9.59 Å². The average Bonchev–Trinajstić information content (AvgIpc) is 3.52. The first-order chi connectivity index (χ1) is 15.5. The normalized spacial score (nSPS) is 22.8. The number of hydrogen-bond acceptors (Lipinski definition) is 3. The molecule has 32 heavy (non-hydrogen) atoms. The molecule has 3 aromatic rings. The Kier molecular flexibility index (Phi) is 5.95. The van der Waals surface area contributed by atoms with Crippen molar-refractivity contribution in [1.82, 2.24) is 14.5 Å². The van der Waals surface area contributed by atoms with Crippen LogP contribution in [-0.2, 0) is 4.79 Å². The van der Waals surface area contributed by atoms with Gasteiger partial charge < -0.3 is 9.88 Å². The second-order valence-corrected chi connectivity index (χ2v) is 10.1. The van der Waals surface area contributed by atoms with Gasteiger partial charge in [0.1, 0.15) is 5.78 Å². The van der Waals surface area contributed by atoms with Crippen molar-refractivity contribution in [3.8, 4) is 0 Å². The van der Waals surface area contributed by atoms with Crippen molar-refractivity contribution >= 4 is 28.4 Å². The average molecular weight is 452 g/mol. The highest BCUT2D eigenvalue weighted by molar-refractivity contribution is 6.31. The van der Waals surface area contributed by atoms with Gasteiger partial charge in [-0.1, -0.05) is 48.9 Å². The summed E-state index contributed by atoms with van der Waals surface area (Å²) in [5.74, 6) is 1.42. The highest BCUT2D eigenvalue weighted by Crippen LogP contribution is 2.48. The molecular formula is C26H30ClN3O2. The lowest BCUT2D eigenvalue weighted by atomic mass is 9.97. The Hall–Kier alpha value is -2.37. The summed E-state index contributed by atoms with van der Waals surface area (Å²) in [7, 11) is 0. The third kappa shape index (κ3) is 4.41. The molecule has 0 radical (unpaired) electrons. The third-order valence-corrected chi connectivity index (χ3v) is 7.39. The molecule has 2 fully saturated rings. The molecule has 1 aromatic heterocycles. The number of aromatic amines is 1. The molecule has 1 saturated heterocycles. The summed E-state index contributed by atoms with van der Waals surface area (Å²) in [6, 6.07) is 16.2. The fourth-order valence-electron chi connectivity index (χ4n) is 5.45. The van der Waals surface area contributed by atoms with Gasteiger partial charge in [-0.25, -0.2) is 4.79 Å². The minimum absolute atomic E-state index is 0.0583. The number of benzene rings is 2. The largest absolute Gasteiger partial charge is 0.326 e. The first-order valence-electron chi connectivity index (χ1n) is 11.7. The van der Waals surface area contributed by atoms with Crippen molar-refractivity contribution < 1.29 is 4.79 Å². The quantitative estimate of drug-likeness (QED) is 0.548. The number of piperidine rings is 1. The van der Waals surface area contributed by atoms with Gasteiger partial charge in [-0.2, -0.15) is 0 Å². The minimum atomic E-state index is -0.0583. The maximum atomic E-state index is 12.8. The molecular weight excluding hydrogens is 422 g/mol. The predicted octanol–water partition coefficient (Wildman–Crippen LogP) is 5.02. The number of carbonyl (C=O) groups is 1. The number of H-pyrrole nitrogens is 1. The number of likely N-dealkylation sites (tertiary alicyclic amines) is 1. The number of carbonyl (C=O) groups excluding carboxylic acids is 1. The molecule has 1 saturated carbocycles. The van der Waals surface area contributed by atoms with Gasteiger partial charge in [0.25, 0.3) is 0 Å². The van der Waals surface area contributed by atoms with E-state index in [1.54, 1.807) is 0 Å². The van der Waals surface area contributed by atoms with Crippen molar-refractivity contribution in [3.63, 3.8) is 0 Å². The van der Waals surface area contributed by atoms with Gasteiger partial charge in [0.2, 0.25) is 0 Å². The number of imidazole rings is 1. The van der Waals surface area contributed by atoms with Crippen molar-refractivity contribution in [2.24, 2.45) is 11.8 Å². The molecule has 5 nitrogen and oxygen atoms in total. The summed E-state index contributed by atoms with van der Waals surface area (Å²) in [6.07, 6.45) is 3.55. The van der Waals surface area contributed by atoms with E-state index < -0.39 is 0 Å². The van der Waals surface area contributed by atoms with Crippen LogP contribution in [0, 0.1) is 11.8 Å². The Morgan fingerprint density at radius 1 is 1.16 bits per heavy atom. The van der Waals surface area contributed by atoms with Crippen LogP contribution in [0.4, 0.5) is 0 Å². The topological polar surface area (TPSA) is 58.1 Å². The van der Waals surface area contributed by atoms with Crippen molar-refractivity contribution in [2.45, 2.75) is 44.6 Å². The molecule has 2 unspecified atom stereocenters. The van der Waals surface area contributed by atoms with Crippen molar-refractivity contribution in [3.05, 3.63) is 69.6 Å². The number of nitrogens with one attached hydrogen (secondary N) is 1. The molecule has 3 atom stereocenters. The van der Waals surface area contributed by atoms with Crippen molar-refractivity contribution in [2.75, 3.05) is 19.6 Å². The van der Waals surface area contributed by atoms with Crippen LogP contribution in [0.5, 0.6) is 0 Å². The zero-order valence-corrected chi connectivity index (χ0v) is 19.2. The van der Waals surface area contributed by atoms with Crippen LogP contribution in [0.3, 0.4) is 0 Å². The van der Waals surface area contributed by atoms with Crippen molar-refractivity contribution in [1.29, 1.82) is 0 Å². The first kappa shape index (κ1) is 21.5. The van der Waals surface area contributed by atoms with Crippen LogP contribution < -0.4 is 5.69 Å². The summed E-state index contributed by atoms with van der Waals surface area (Å²) < 4.78 is 1.90. The molecule has 1 N–H and O–H groups in total. The van der Waals surface area contributed by atoms with E-state index in [1.165, 1.54) is 5.56 Å². The molecule has 6 heteroatoms. The lowest BCUT2D eigenvalue weighted by molar-refractivity contribution is -0.121. The number of ketones is 1. The first-order valence-corrected chi connectivity index (χ1v) is 12.1. The summed E-state index contributed by atoms with van der Waals surface area (Å²) in [5.41, 5.74) is 2.97. The third-order valence-electron chi connectivity index (χ3n) is 7.15. The van der Waals surface area contributed by atoms with E-state index in [0.717, 1.165) is 49.9 Å². The number of aromatic nitrogens is 2. The fraction of sp³-hybridized carbons (Fsp3) is 0.462. The molecule has 2 aromatic carbocycles. The maximum absolute atomic E-state index is 12.8. The number of hydrogen-bond donors (Lipinski definition) is 1. The number of nitrogens with zero attached hydrogens (tertiary/aromatic N) is 2. The minimum Gasteiger partial charge on any atom is -0.305 e. The van der Waals surface area contributed by atoms with Gasteiger partial charge in [-0.15, -0.1) is 0 Å². The van der Waals surface area contributed by atoms with Gasteiger partial charge in [0.05, 0.1) is 11.0 Å². The molecule has 168 valence electrons. The SMILES string of the molecule is C[C@H](CC(=O)C1CC1c1ccccc1)CN1CCC(n2c(=O)[nH]c3cc(Cl)ccc32)CC1. The zero-order valence-electron chi connectivity index (χ0n) is 18.5. The Bertz CT molecular complexity index is 1160. The summed E-state index contributed by atoms with van der Waals surface area (Å²) in [6.45, 7) is 5.04. The van der Waals surface area contributed by atoms with Gasteiger partial charge >= 0.3 is 5.69 Å². The second-order valence-electron chi connectivity index (χ2n) is 9.63. The van der Waals surface area contributed by atoms with Crippen LogP contribution in [0.1, 0.15) is 50.1 Å². The van der Waals surface area contributed by atoms with Gasteiger partial charge in [0.15, 0.2) is 0 Å². The highest BCUT2D eigenvalue weighted by Gasteiger charge is 2.43. The molecule has 1 aliphatic carbocycles. The van der Waals surface area contributed by atoms with E-state index in [4.69, 9.17) is 11.6 Å². The molecule has 0 amide bonds. The standard InChI is InChI=1S/C26H30ClN3O2/c1-17(13-25(31)22-15-21(22)18-5-3-2-4-6-18)16-29-11-9-20(10-12-29)30-24-8-7-19(27)14-23(24)28-26(30)32/h2-8,14,17,20-22H,9-13,15-16H2,1H3,(H,28,32)/t17-,21?,22?/m1/s1. The molecule has 5 rings (SSSR count). The molecule has 1 aliphatic heterocycles. The highest BCUT2D eigenvalue weighted by atomic mass is 35.5. The second kappa shape index (κ2) is 8.87. The Balaban J connectivity index is 1.13. The Labute approximate surface area is 193 Å². The fourth-order valence-corrected chi connectivity index (χ4v) is 5.62. The molecule has 2 aliphatic rings. The van der Waals surface area contributed by atoms with E-state index >= 15 is 0 Å². The van der Waals surface area contributed by atoms with Gasteiger partial charge in [-0.05, 0) is 54.9 Å². The smallest absolute Gasteiger partial charge is 0.305 e. The predicted molar refractivity (Wildman–Crippen MR) is 128 cm³/mol. The van der Waals surface area contributed by atoms with E-state index in [1.807, 2.05) is 28.8 Å². The lowest BCUT2D eigenvalue weighted by Gasteiger charge is -2.34. The van der Waals surface area contributed by atoms with Crippen LogP contribution in [-0.4, -0.2) is 39.9 Å². The van der Waals surface area contributed by atoms with Crippen LogP contribution >= 0.6 is 11.6 Å².